The van der Waals surface area contributed by atoms with Crippen molar-refractivity contribution in [2.24, 2.45) is 10.9 Å². The summed E-state index contributed by atoms with van der Waals surface area (Å²) in [5, 5.41) is 6.81. The number of nitrogens with one attached hydrogen (secondary N) is 2. The van der Waals surface area contributed by atoms with E-state index in [1.165, 1.54) is 31.2 Å². The molecule has 0 spiro atoms. The van der Waals surface area contributed by atoms with Crippen LogP contribution < -0.4 is 10.6 Å². The van der Waals surface area contributed by atoms with Crippen molar-refractivity contribution in [3.05, 3.63) is 35.9 Å². The first-order valence-corrected chi connectivity index (χ1v) is 7.79. The Labute approximate surface area is 122 Å². The van der Waals surface area contributed by atoms with Crippen molar-refractivity contribution in [2.75, 3.05) is 20.1 Å². The average molecular weight is 273 g/mol. The van der Waals surface area contributed by atoms with Gasteiger partial charge in [-0.15, -0.1) is 0 Å². The highest BCUT2D eigenvalue weighted by Crippen LogP contribution is 2.33. The predicted molar refractivity (Wildman–Crippen MR) is 86.2 cm³/mol. The summed E-state index contributed by atoms with van der Waals surface area (Å²) in [5.41, 5.74) is 1.36. The quantitative estimate of drug-likeness (QED) is 0.455. The van der Waals surface area contributed by atoms with Crippen LogP contribution in [0.15, 0.2) is 35.3 Å². The van der Waals surface area contributed by atoms with Crippen molar-refractivity contribution < 1.29 is 0 Å². The smallest absolute Gasteiger partial charge is 0.190 e. The largest absolute Gasteiger partial charge is 0.356 e. The Hall–Kier alpha value is -1.51. The fourth-order valence-corrected chi connectivity index (χ4v) is 2.37. The van der Waals surface area contributed by atoms with Crippen molar-refractivity contribution in [1.82, 2.24) is 10.6 Å². The van der Waals surface area contributed by atoms with Gasteiger partial charge in [-0.25, -0.2) is 0 Å². The van der Waals surface area contributed by atoms with E-state index in [0.717, 1.165) is 25.0 Å². The fraction of sp³-hybridized carbons (Fsp3) is 0.588. The van der Waals surface area contributed by atoms with Gasteiger partial charge in [0.2, 0.25) is 0 Å². The first kappa shape index (κ1) is 14.9. The molecule has 1 saturated carbocycles. The maximum absolute atomic E-state index is 4.28. The monoisotopic (exact) mass is 273 g/mol. The third kappa shape index (κ3) is 5.24. The van der Waals surface area contributed by atoms with Crippen LogP contribution in [0, 0.1) is 5.92 Å². The minimum atomic E-state index is 0.487. The van der Waals surface area contributed by atoms with Crippen molar-refractivity contribution in [3.63, 3.8) is 0 Å². The number of guanidine groups is 1. The molecule has 20 heavy (non-hydrogen) atoms. The molecule has 0 saturated heterocycles. The van der Waals surface area contributed by atoms with E-state index in [4.69, 9.17) is 0 Å². The van der Waals surface area contributed by atoms with Gasteiger partial charge in [0.15, 0.2) is 5.96 Å². The van der Waals surface area contributed by atoms with Gasteiger partial charge in [-0.1, -0.05) is 50.1 Å². The molecule has 1 aromatic carbocycles. The normalized spacial score (nSPS) is 16.8. The first-order valence-electron chi connectivity index (χ1n) is 7.79. The molecular weight excluding hydrogens is 246 g/mol. The molecule has 0 bridgehead atoms. The number of aliphatic imine (C=N–C) groups is 1. The van der Waals surface area contributed by atoms with E-state index in [9.17, 15) is 0 Å². The summed E-state index contributed by atoms with van der Waals surface area (Å²) in [6.45, 7) is 4.17. The molecule has 0 aliphatic heterocycles. The zero-order valence-corrected chi connectivity index (χ0v) is 12.7. The SMILES string of the molecule is CN=C(NCCCC1CC1)NCC(C)c1ccccc1. The lowest BCUT2D eigenvalue weighted by Gasteiger charge is -2.16. The van der Waals surface area contributed by atoms with Gasteiger partial charge in [-0.05, 0) is 30.2 Å². The standard InChI is InChI=1S/C17H27N3/c1-14(16-8-4-3-5-9-16)13-20-17(18-2)19-12-6-7-15-10-11-15/h3-5,8-9,14-15H,6-7,10-13H2,1-2H3,(H2,18,19,20). The van der Waals surface area contributed by atoms with Crippen LogP contribution in [0.5, 0.6) is 0 Å². The molecule has 0 aromatic heterocycles. The maximum atomic E-state index is 4.28. The minimum Gasteiger partial charge on any atom is -0.356 e. The van der Waals surface area contributed by atoms with E-state index in [2.05, 4.69) is 52.9 Å². The summed E-state index contributed by atoms with van der Waals surface area (Å²) in [7, 11) is 1.84. The molecule has 0 amide bonds. The van der Waals surface area contributed by atoms with Crippen LogP contribution >= 0.6 is 0 Å². The van der Waals surface area contributed by atoms with Gasteiger partial charge in [0.1, 0.15) is 0 Å². The van der Waals surface area contributed by atoms with Crippen LogP contribution in [-0.4, -0.2) is 26.1 Å². The van der Waals surface area contributed by atoms with Crippen LogP contribution in [-0.2, 0) is 0 Å². The highest BCUT2D eigenvalue weighted by Gasteiger charge is 2.19. The second-order valence-corrected chi connectivity index (χ2v) is 5.78. The van der Waals surface area contributed by atoms with Crippen LogP contribution in [0.25, 0.3) is 0 Å². The van der Waals surface area contributed by atoms with Gasteiger partial charge in [-0.2, -0.15) is 0 Å². The molecule has 1 fully saturated rings. The molecule has 1 aliphatic carbocycles. The molecule has 110 valence electrons. The van der Waals surface area contributed by atoms with Crippen LogP contribution in [0.2, 0.25) is 0 Å². The summed E-state index contributed by atoms with van der Waals surface area (Å²) in [4.78, 5) is 4.28. The second-order valence-electron chi connectivity index (χ2n) is 5.78. The lowest BCUT2D eigenvalue weighted by Crippen LogP contribution is -2.39. The Morgan fingerprint density at radius 1 is 1.25 bits per heavy atom. The average Bonchev–Trinajstić information content (AvgIpc) is 3.31. The zero-order valence-electron chi connectivity index (χ0n) is 12.7. The summed E-state index contributed by atoms with van der Waals surface area (Å²) >= 11 is 0. The summed E-state index contributed by atoms with van der Waals surface area (Å²) in [5.74, 6) is 2.43. The van der Waals surface area contributed by atoms with E-state index >= 15 is 0 Å². The molecular formula is C17H27N3. The van der Waals surface area contributed by atoms with Gasteiger partial charge >= 0.3 is 0 Å². The van der Waals surface area contributed by atoms with Crippen molar-refractivity contribution >= 4 is 5.96 Å². The molecule has 0 radical (unpaired) electrons. The van der Waals surface area contributed by atoms with Gasteiger partial charge in [-0.3, -0.25) is 4.99 Å². The molecule has 3 heteroatoms. The molecule has 1 aliphatic rings. The lowest BCUT2D eigenvalue weighted by atomic mass is 10.0. The van der Waals surface area contributed by atoms with Crippen molar-refractivity contribution in [2.45, 2.75) is 38.5 Å². The third-order valence-electron chi connectivity index (χ3n) is 3.95. The predicted octanol–water partition coefficient (Wildman–Crippen LogP) is 3.15. The van der Waals surface area contributed by atoms with E-state index in [-0.39, 0.29) is 0 Å². The van der Waals surface area contributed by atoms with E-state index in [1.807, 2.05) is 7.05 Å². The summed E-state index contributed by atoms with van der Waals surface area (Å²) in [6, 6.07) is 10.6. The Bertz CT molecular complexity index is 410. The van der Waals surface area contributed by atoms with E-state index in [0.29, 0.717) is 5.92 Å². The Balaban J connectivity index is 1.64. The minimum absolute atomic E-state index is 0.487. The number of hydrogen-bond donors (Lipinski definition) is 2. The molecule has 1 unspecified atom stereocenters. The van der Waals surface area contributed by atoms with E-state index in [1.54, 1.807) is 0 Å². The van der Waals surface area contributed by atoms with Gasteiger partial charge in [0.05, 0.1) is 0 Å². The molecule has 2 rings (SSSR count). The first-order chi connectivity index (χ1) is 9.79. The lowest BCUT2D eigenvalue weighted by molar-refractivity contribution is 0.638. The third-order valence-corrected chi connectivity index (χ3v) is 3.95. The summed E-state index contributed by atoms with van der Waals surface area (Å²) < 4.78 is 0. The highest BCUT2D eigenvalue weighted by molar-refractivity contribution is 5.79. The molecule has 3 nitrogen and oxygen atoms in total. The molecule has 1 aromatic rings. The fourth-order valence-electron chi connectivity index (χ4n) is 2.37. The molecule has 0 heterocycles. The maximum Gasteiger partial charge on any atom is 0.190 e. The Kier molecular flexibility index (Phi) is 5.90. The number of rotatable bonds is 7. The van der Waals surface area contributed by atoms with Crippen LogP contribution in [0.1, 0.15) is 44.1 Å². The molecule has 1 atom stereocenters. The molecule has 2 N–H and O–H groups in total. The Morgan fingerprint density at radius 2 is 2.00 bits per heavy atom. The van der Waals surface area contributed by atoms with Gasteiger partial charge in [0, 0.05) is 20.1 Å². The van der Waals surface area contributed by atoms with E-state index < -0.39 is 0 Å². The highest BCUT2D eigenvalue weighted by atomic mass is 15.2. The van der Waals surface area contributed by atoms with Crippen LogP contribution in [0.3, 0.4) is 0 Å². The van der Waals surface area contributed by atoms with Crippen molar-refractivity contribution in [1.29, 1.82) is 0 Å². The second kappa shape index (κ2) is 7.93. The van der Waals surface area contributed by atoms with Crippen LogP contribution in [0.4, 0.5) is 0 Å². The number of benzene rings is 1. The Morgan fingerprint density at radius 3 is 2.65 bits per heavy atom. The summed E-state index contributed by atoms with van der Waals surface area (Å²) in [6.07, 6.45) is 5.51. The van der Waals surface area contributed by atoms with Gasteiger partial charge in [0.25, 0.3) is 0 Å². The zero-order chi connectivity index (χ0) is 14.2. The number of nitrogens with zero attached hydrogens (tertiary/aromatic N) is 1. The number of hydrogen-bond acceptors (Lipinski definition) is 1. The van der Waals surface area contributed by atoms with Gasteiger partial charge < -0.3 is 10.6 Å². The topological polar surface area (TPSA) is 36.4 Å². The van der Waals surface area contributed by atoms with Crippen molar-refractivity contribution in [3.8, 4) is 0 Å².